The summed E-state index contributed by atoms with van der Waals surface area (Å²) >= 11 is 1.11. The van der Waals surface area contributed by atoms with Crippen LogP contribution in [0.1, 0.15) is 5.89 Å². The minimum atomic E-state index is -0.354. The first-order valence-corrected chi connectivity index (χ1v) is 6.98. The number of nitrogens with zero attached hydrogens (tertiary/aromatic N) is 2. The molecule has 1 heterocycles. The maximum atomic E-state index is 11.0. The maximum absolute atomic E-state index is 11.0. The minimum Gasteiger partial charge on any atom is -0.497 e. The Morgan fingerprint density at radius 1 is 1.29 bits per heavy atom. The number of thioether (sulfide) groups is 1. The number of carbonyl (C=O) groups is 1. The number of aromatic nitrogens is 2. The van der Waals surface area contributed by atoms with Crippen LogP contribution in [0.4, 0.5) is 0 Å². The summed E-state index contributed by atoms with van der Waals surface area (Å²) in [6.45, 7) is 0.138. The van der Waals surface area contributed by atoms with Crippen molar-refractivity contribution in [1.29, 1.82) is 0 Å². The van der Waals surface area contributed by atoms with Crippen molar-refractivity contribution in [2.24, 2.45) is 0 Å². The quantitative estimate of drug-likeness (QED) is 0.566. The Kier molecular flexibility index (Phi) is 5.44. The van der Waals surface area contributed by atoms with E-state index in [4.69, 9.17) is 13.9 Å². The molecule has 0 saturated heterocycles. The molecule has 0 fully saturated rings. The highest BCUT2D eigenvalue weighted by molar-refractivity contribution is 7.99. The highest BCUT2D eigenvalue weighted by Crippen LogP contribution is 2.21. The predicted molar refractivity (Wildman–Crippen MR) is 74.4 cm³/mol. The number of ether oxygens (including phenoxy) is 3. The lowest BCUT2D eigenvalue weighted by Crippen LogP contribution is -2.02. The average molecular weight is 310 g/mol. The van der Waals surface area contributed by atoms with Crippen molar-refractivity contribution in [1.82, 2.24) is 10.2 Å². The molecule has 1 aromatic carbocycles. The van der Waals surface area contributed by atoms with Crippen LogP contribution < -0.4 is 9.47 Å². The standard InChI is InChI=1S/C13H14N2O5S/c1-17-9-4-3-5-10(6-9)19-7-11-14-15-13(20-11)21-8-12(16)18-2/h3-6H,7-8H2,1-2H3. The van der Waals surface area contributed by atoms with Crippen molar-refractivity contribution in [2.45, 2.75) is 11.8 Å². The largest absolute Gasteiger partial charge is 0.497 e. The van der Waals surface area contributed by atoms with Crippen LogP contribution in [0.25, 0.3) is 0 Å². The lowest BCUT2D eigenvalue weighted by atomic mass is 10.3. The normalized spacial score (nSPS) is 10.2. The fourth-order valence-corrected chi connectivity index (χ4v) is 1.98. The second kappa shape index (κ2) is 7.53. The van der Waals surface area contributed by atoms with E-state index in [2.05, 4.69) is 14.9 Å². The molecule has 2 aromatic rings. The zero-order chi connectivity index (χ0) is 15.1. The first-order chi connectivity index (χ1) is 10.2. The Bertz CT molecular complexity index is 602. The van der Waals surface area contributed by atoms with Crippen LogP contribution in [0.3, 0.4) is 0 Å². The number of carbonyl (C=O) groups excluding carboxylic acids is 1. The predicted octanol–water partition coefficient (Wildman–Crippen LogP) is 1.92. The first-order valence-electron chi connectivity index (χ1n) is 6.00. The van der Waals surface area contributed by atoms with Crippen LogP contribution in [0.2, 0.25) is 0 Å². The fourth-order valence-electron chi connectivity index (χ4n) is 1.37. The average Bonchev–Trinajstić information content (AvgIpc) is 2.98. The van der Waals surface area contributed by atoms with Crippen LogP contribution in [-0.4, -0.2) is 36.1 Å². The van der Waals surface area contributed by atoms with Gasteiger partial charge in [-0.3, -0.25) is 4.79 Å². The molecule has 0 radical (unpaired) electrons. The third-order valence-corrected chi connectivity index (χ3v) is 3.18. The molecule has 0 amide bonds. The molecule has 7 nitrogen and oxygen atoms in total. The van der Waals surface area contributed by atoms with Gasteiger partial charge in [0.2, 0.25) is 0 Å². The Labute approximate surface area is 125 Å². The number of esters is 1. The number of methoxy groups -OCH3 is 2. The van der Waals surface area contributed by atoms with Crippen molar-refractivity contribution < 1.29 is 23.4 Å². The van der Waals surface area contributed by atoms with Gasteiger partial charge in [0.1, 0.15) is 17.3 Å². The van der Waals surface area contributed by atoms with Gasteiger partial charge in [0.25, 0.3) is 11.1 Å². The number of hydrogen-bond acceptors (Lipinski definition) is 8. The smallest absolute Gasteiger partial charge is 0.316 e. The van der Waals surface area contributed by atoms with Gasteiger partial charge in [-0.1, -0.05) is 17.8 Å². The van der Waals surface area contributed by atoms with Gasteiger partial charge in [-0.15, -0.1) is 10.2 Å². The van der Waals surface area contributed by atoms with Crippen LogP contribution >= 0.6 is 11.8 Å². The molecule has 0 saturated carbocycles. The maximum Gasteiger partial charge on any atom is 0.316 e. The van der Waals surface area contributed by atoms with Gasteiger partial charge in [0.15, 0.2) is 6.61 Å². The minimum absolute atomic E-state index is 0.120. The van der Waals surface area contributed by atoms with E-state index < -0.39 is 0 Å². The summed E-state index contributed by atoms with van der Waals surface area (Å²) in [6, 6.07) is 7.19. The lowest BCUT2D eigenvalue weighted by Gasteiger charge is -2.05. The molecular weight excluding hydrogens is 296 g/mol. The highest BCUT2D eigenvalue weighted by atomic mass is 32.2. The first kappa shape index (κ1) is 15.2. The summed E-state index contributed by atoms with van der Waals surface area (Å²) in [7, 11) is 2.91. The van der Waals surface area contributed by atoms with Crippen molar-refractivity contribution >= 4 is 17.7 Å². The van der Waals surface area contributed by atoms with E-state index in [1.165, 1.54) is 7.11 Å². The van der Waals surface area contributed by atoms with E-state index in [0.29, 0.717) is 22.6 Å². The molecule has 0 aliphatic rings. The SMILES string of the molecule is COC(=O)CSc1nnc(COc2cccc(OC)c2)o1. The van der Waals surface area contributed by atoms with Crippen LogP contribution in [0.15, 0.2) is 33.9 Å². The Morgan fingerprint density at radius 3 is 2.86 bits per heavy atom. The molecule has 0 aliphatic heterocycles. The van der Waals surface area contributed by atoms with Crippen LogP contribution in [0.5, 0.6) is 11.5 Å². The zero-order valence-corrected chi connectivity index (χ0v) is 12.4. The molecule has 0 aliphatic carbocycles. The third-order valence-electron chi connectivity index (χ3n) is 2.39. The van der Waals surface area contributed by atoms with Gasteiger partial charge in [-0.25, -0.2) is 0 Å². The third kappa shape index (κ3) is 4.67. The van der Waals surface area contributed by atoms with Crippen molar-refractivity contribution in [3.05, 3.63) is 30.2 Å². The molecular formula is C13H14N2O5S. The fraction of sp³-hybridized carbons (Fsp3) is 0.308. The van der Waals surface area contributed by atoms with Gasteiger partial charge in [0, 0.05) is 6.07 Å². The molecule has 1 aromatic heterocycles. The summed E-state index contributed by atoms with van der Waals surface area (Å²) < 4.78 is 20.5. The van der Waals surface area contributed by atoms with E-state index in [1.807, 2.05) is 12.1 Å². The molecule has 8 heteroatoms. The second-order valence-electron chi connectivity index (χ2n) is 3.79. The van der Waals surface area contributed by atoms with Gasteiger partial charge in [0.05, 0.1) is 14.2 Å². The van der Waals surface area contributed by atoms with E-state index >= 15 is 0 Å². The summed E-state index contributed by atoms with van der Waals surface area (Å²) in [5, 5.41) is 7.93. The lowest BCUT2D eigenvalue weighted by molar-refractivity contribution is -0.137. The van der Waals surface area contributed by atoms with Crippen molar-refractivity contribution in [2.75, 3.05) is 20.0 Å². The summed E-state index contributed by atoms with van der Waals surface area (Å²) in [6.07, 6.45) is 0. The monoisotopic (exact) mass is 310 g/mol. The molecule has 0 bridgehead atoms. The number of rotatable bonds is 7. The number of hydrogen-bond donors (Lipinski definition) is 0. The van der Waals surface area contributed by atoms with Gasteiger partial charge < -0.3 is 18.6 Å². The van der Waals surface area contributed by atoms with Crippen molar-refractivity contribution in [3.8, 4) is 11.5 Å². The topological polar surface area (TPSA) is 83.7 Å². The number of benzene rings is 1. The zero-order valence-electron chi connectivity index (χ0n) is 11.6. The molecule has 112 valence electrons. The Hall–Kier alpha value is -2.22. The Balaban J connectivity index is 1.86. The molecule has 2 rings (SSSR count). The van der Waals surface area contributed by atoms with Crippen LogP contribution in [-0.2, 0) is 16.1 Å². The second-order valence-corrected chi connectivity index (χ2v) is 4.72. The summed E-state index contributed by atoms with van der Waals surface area (Å²) in [5.41, 5.74) is 0. The van der Waals surface area contributed by atoms with Crippen LogP contribution in [0, 0.1) is 0 Å². The molecule has 0 atom stereocenters. The van der Waals surface area contributed by atoms with Gasteiger partial charge in [-0.2, -0.15) is 0 Å². The van der Waals surface area contributed by atoms with E-state index in [-0.39, 0.29) is 18.3 Å². The van der Waals surface area contributed by atoms with Crippen molar-refractivity contribution in [3.63, 3.8) is 0 Å². The van der Waals surface area contributed by atoms with E-state index in [0.717, 1.165) is 11.8 Å². The summed E-state index contributed by atoms with van der Waals surface area (Å²) in [5.74, 6) is 1.43. The van der Waals surface area contributed by atoms with Gasteiger partial charge >= 0.3 is 5.97 Å². The summed E-state index contributed by atoms with van der Waals surface area (Å²) in [4.78, 5) is 11.0. The molecule has 0 spiro atoms. The van der Waals surface area contributed by atoms with E-state index in [1.54, 1.807) is 19.2 Å². The molecule has 0 unspecified atom stereocenters. The van der Waals surface area contributed by atoms with E-state index in [9.17, 15) is 4.79 Å². The molecule has 21 heavy (non-hydrogen) atoms. The Morgan fingerprint density at radius 2 is 2.10 bits per heavy atom. The molecule has 0 N–H and O–H groups in total. The van der Waals surface area contributed by atoms with Gasteiger partial charge in [-0.05, 0) is 12.1 Å². The highest BCUT2D eigenvalue weighted by Gasteiger charge is 2.10.